The van der Waals surface area contributed by atoms with Crippen molar-refractivity contribution in [2.75, 3.05) is 10.6 Å². The standard InChI is InChI=1S/C16H17N5O/c1-2-3-4-16(22)19-15-10-9-14(20-21-15)18-13-7-5-12(11-17)6-8-13/h5-10H,2-4H2,1H3,(H,18,20)(H,19,21,22). The summed E-state index contributed by atoms with van der Waals surface area (Å²) in [5.74, 6) is 0.951. The number of benzene rings is 1. The minimum atomic E-state index is -0.0519. The van der Waals surface area contributed by atoms with Crippen molar-refractivity contribution < 1.29 is 4.79 Å². The van der Waals surface area contributed by atoms with Crippen molar-refractivity contribution in [2.24, 2.45) is 0 Å². The Morgan fingerprint density at radius 2 is 1.82 bits per heavy atom. The predicted molar refractivity (Wildman–Crippen MR) is 84.6 cm³/mol. The van der Waals surface area contributed by atoms with Gasteiger partial charge >= 0.3 is 0 Å². The largest absolute Gasteiger partial charge is 0.339 e. The van der Waals surface area contributed by atoms with Crippen molar-refractivity contribution in [3.63, 3.8) is 0 Å². The Kier molecular flexibility index (Phi) is 5.44. The molecule has 22 heavy (non-hydrogen) atoms. The third-order valence-electron chi connectivity index (χ3n) is 2.98. The lowest BCUT2D eigenvalue weighted by Crippen LogP contribution is -2.12. The van der Waals surface area contributed by atoms with E-state index in [9.17, 15) is 4.79 Å². The van der Waals surface area contributed by atoms with Crippen molar-refractivity contribution >= 4 is 23.2 Å². The van der Waals surface area contributed by atoms with E-state index in [4.69, 9.17) is 5.26 Å². The highest BCUT2D eigenvalue weighted by Gasteiger charge is 2.04. The van der Waals surface area contributed by atoms with E-state index in [1.54, 1.807) is 36.4 Å². The summed E-state index contributed by atoms with van der Waals surface area (Å²) in [6.45, 7) is 2.04. The van der Waals surface area contributed by atoms with E-state index in [2.05, 4.69) is 26.9 Å². The molecule has 0 fully saturated rings. The van der Waals surface area contributed by atoms with Gasteiger partial charge in [-0.3, -0.25) is 4.79 Å². The summed E-state index contributed by atoms with van der Waals surface area (Å²) >= 11 is 0. The molecule has 0 aliphatic carbocycles. The molecule has 6 heteroatoms. The Morgan fingerprint density at radius 1 is 1.14 bits per heavy atom. The summed E-state index contributed by atoms with van der Waals surface area (Å²) in [6, 6.07) is 12.5. The molecule has 0 saturated carbocycles. The molecule has 0 unspecified atom stereocenters. The van der Waals surface area contributed by atoms with E-state index in [-0.39, 0.29) is 5.91 Å². The third-order valence-corrected chi connectivity index (χ3v) is 2.98. The number of carbonyl (C=O) groups excluding carboxylic acids is 1. The molecule has 2 aromatic rings. The van der Waals surface area contributed by atoms with Gasteiger partial charge in [-0.05, 0) is 42.8 Å². The molecule has 1 heterocycles. The van der Waals surface area contributed by atoms with Crippen LogP contribution in [0.2, 0.25) is 0 Å². The highest BCUT2D eigenvalue weighted by Crippen LogP contribution is 2.15. The molecule has 6 nitrogen and oxygen atoms in total. The molecule has 1 aromatic carbocycles. The lowest BCUT2D eigenvalue weighted by Gasteiger charge is -2.06. The number of hydrogen-bond donors (Lipinski definition) is 2. The Morgan fingerprint density at radius 3 is 2.41 bits per heavy atom. The molecule has 1 aromatic heterocycles. The topological polar surface area (TPSA) is 90.7 Å². The molecular formula is C16H17N5O. The lowest BCUT2D eigenvalue weighted by atomic mass is 10.2. The molecule has 0 bridgehead atoms. The van der Waals surface area contributed by atoms with Gasteiger partial charge in [0.25, 0.3) is 0 Å². The Balaban J connectivity index is 1.93. The monoisotopic (exact) mass is 295 g/mol. The van der Waals surface area contributed by atoms with E-state index in [1.807, 2.05) is 6.92 Å². The van der Waals surface area contributed by atoms with Gasteiger partial charge in [-0.15, -0.1) is 10.2 Å². The van der Waals surface area contributed by atoms with Crippen molar-refractivity contribution in [3.8, 4) is 6.07 Å². The van der Waals surface area contributed by atoms with Crippen LogP contribution in [0.5, 0.6) is 0 Å². The Bertz CT molecular complexity index is 658. The second-order valence-corrected chi connectivity index (χ2v) is 4.77. The molecule has 0 saturated heterocycles. The van der Waals surface area contributed by atoms with Gasteiger partial charge in [-0.2, -0.15) is 5.26 Å². The second kappa shape index (κ2) is 7.74. The fourth-order valence-corrected chi connectivity index (χ4v) is 1.78. The van der Waals surface area contributed by atoms with Crippen molar-refractivity contribution in [2.45, 2.75) is 26.2 Å². The summed E-state index contributed by atoms with van der Waals surface area (Å²) in [5.41, 5.74) is 1.41. The van der Waals surface area contributed by atoms with E-state index >= 15 is 0 Å². The zero-order valence-corrected chi connectivity index (χ0v) is 12.3. The van der Waals surface area contributed by atoms with Gasteiger partial charge in [0.1, 0.15) is 0 Å². The number of unbranched alkanes of at least 4 members (excludes halogenated alkanes) is 1. The average Bonchev–Trinajstić information content (AvgIpc) is 2.55. The van der Waals surface area contributed by atoms with Gasteiger partial charge in [0.15, 0.2) is 11.6 Å². The first-order valence-corrected chi connectivity index (χ1v) is 7.12. The first-order chi connectivity index (χ1) is 10.7. The van der Waals surface area contributed by atoms with Gasteiger partial charge in [0.05, 0.1) is 11.6 Å². The van der Waals surface area contributed by atoms with Crippen molar-refractivity contribution in [3.05, 3.63) is 42.0 Å². The van der Waals surface area contributed by atoms with Crippen LogP contribution in [-0.4, -0.2) is 16.1 Å². The van der Waals surface area contributed by atoms with Gasteiger partial charge in [0, 0.05) is 12.1 Å². The number of nitriles is 1. The summed E-state index contributed by atoms with van der Waals surface area (Å²) in [5, 5.41) is 22.5. The highest BCUT2D eigenvalue weighted by atomic mass is 16.1. The van der Waals surface area contributed by atoms with Crippen LogP contribution < -0.4 is 10.6 Å². The first-order valence-electron chi connectivity index (χ1n) is 7.12. The quantitative estimate of drug-likeness (QED) is 0.853. The number of carbonyl (C=O) groups is 1. The summed E-state index contributed by atoms with van der Waals surface area (Å²) in [7, 11) is 0. The number of rotatable bonds is 6. The van der Waals surface area contributed by atoms with Gasteiger partial charge < -0.3 is 10.6 Å². The van der Waals surface area contributed by atoms with Crippen LogP contribution in [-0.2, 0) is 4.79 Å². The summed E-state index contributed by atoms with van der Waals surface area (Å²) in [6.07, 6.45) is 2.33. The molecule has 0 aliphatic heterocycles. The van der Waals surface area contributed by atoms with Crippen LogP contribution in [0, 0.1) is 11.3 Å². The zero-order valence-electron chi connectivity index (χ0n) is 12.3. The number of nitrogens with zero attached hydrogens (tertiary/aromatic N) is 3. The van der Waals surface area contributed by atoms with Gasteiger partial charge in [-0.1, -0.05) is 13.3 Å². The maximum Gasteiger partial charge on any atom is 0.225 e. The Labute approximate surface area is 129 Å². The molecule has 2 rings (SSSR count). The first kappa shape index (κ1) is 15.4. The molecule has 0 spiro atoms. The molecule has 1 amide bonds. The lowest BCUT2D eigenvalue weighted by molar-refractivity contribution is -0.116. The fourth-order valence-electron chi connectivity index (χ4n) is 1.78. The Hall–Kier alpha value is -2.94. The number of amides is 1. The number of nitrogens with one attached hydrogen (secondary N) is 2. The molecule has 112 valence electrons. The maximum atomic E-state index is 11.6. The third kappa shape index (κ3) is 4.56. The predicted octanol–water partition coefficient (Wildman–Crippen LogP) is 3.22. The molecular weight excluding hydrogens is 278 g/mol. The minimum Gasteiger partial charge on any atom is -0.339 e. The minimum absolute atomic E-state index is 0.0519. The molecule has 2 N–H and O–H groups in total. The molecule has 0 aliphatic rings. The number of hydrogen-bond acceptors (Lipinski definition) is 5. The van der Waals surface area contributed by atoms with Crippen LogP contribution in [0.4, 0.5) is 17.3 Å². The fraction of sp³-hybridized carbons (Fsp3) is 0.250. The number of anilines is 3. The normalized spacial score (nSPS) is 9.82. The SMILES string of the molecule is CCCCC(=O)Nc1ccc(Nc2ccc(C#N)cc2)nn1. The highest BCUT2D eigenvalue weighted by molar-refractivity contribution is 5.89. The van der Waals surface area contributed by atoms with Gasteiger partial charge in [-0.25, -0.2) is 0 Å². The maximum absolute atomic E-state index is 11.6. The average molecular weight is 295 g/mol. The van der Waals surface area contributed by atoms with Crippen LogP contribution in [0.25, 0.3) is 0 Å². The van der Waals surface area contributed by atoms with Crippen molar-refractivity contribution in [1.29, 1.82) is 5.26 Å². The molecule has 0 atom stereocenters. The molecule has 0 radical (unpaired) electrons. The van der Waals surface area contributed by atoms with Crippen molar-refractivity contribution in [1.82, 2.24) is 10.2 Å². The van der Waals surface area contributed by atoms with E-state index < -0.39 is 0 Å². The van der Waals surface area contributed by atoms with E-state index in [0.29, 0.717) is 23.6 Å². The van der Waals surface area contributed by atoms with Crippen LogP contribution >= 0.6 is 0 Å². The zero-order chi connectivity index (χ0) is 15.8. The van der Waals surface area contributed by atoms with E-state index in [0.717, 1.165) is 18.5 Å². The van der Waals surface area contributed by atoms with Gasteiger partial charge in [0.2, 0.25) is 5.91 Å². The summed E-state index contributed by atoms with van der Waals surface area (Å²) in [4.78, 5) is 11.6. The van der Waals surface area contributed by atoms with Crippen LogP contribution in [0.3, 0.4) is 0 Å². The van der Waals surface area contributed by atoms with Crippen LogP contribution in [0.15, 0.2) is 36.4 Å². The summed E-state index contributed by atoms with van der Waals surface area (Å²) < 4.78 is 0. The smallest absolute Gasteiger partial charge is 0.225 e. The number of aromatic nitrogens is 2. The van der Waals surface area contributed by atoms with E-state index in [1.165, 1.54) is 0 Å². The van der Waals surface area contributed by atoms with Crippen LogP contribution in [0.1, 0.15) is 31.7 Å². The second-order valence-electron chi connectivity index (χ2n) is 4.77.